The molecular weight excluding hydrogens is 303 g/mol. The van der Waals surface area contributed by atoms with E-state index in [9.17, 15) is 13.2 Å². The van der Waals surface area contributed by atoms with E-state index in [-0.39, 0.29) is 6.04 Å². The van der Waals surface area contributed by atoms with Gasteiger partial charge in [-0.25, -0.2) is 0 Å². The van der Waals surface area contributed by atoms with Gasteiger partial charge in [-0.1, -0.05) is 23.7 Å². The van der Waals surface area contributed by atoms with Crippen LogP contribution in [0.4, 0.5) is 13.2 Å². The van der Waals surface area contributed by atoms with E-state index < -0.39 is 11.7 Å². The minimum Gasteiger partial charge on any atom is -0.271 e. The van der Waals surface area contributed by atoms with Crippen LogP contribution in [0.25, 0.3) is 0 Å². The molecule has 0 aliphatic heterocycles. The van der Waals surface area contributed by atoms with Crippen LogP contribution >= 0.6 is 11.6 Å². The number of halogens is 4. The van der Waals surface area contributed by atoms with E-state index in [0.29, 0.717) is 22.7 Å². The lowest BCUT2D eigenvalue weighted by Gasteiger charge is -2.17. The molecule has 0 saturated carbocycles. The zero-order valence-electron chi connectivity index (χ0n) is 10.9. The standard InChI is InChI=1S/C14H13ClF3N3/c15-11-2-1-7-20-13(11)12(21-19)8-9-3-5-10(6-4-9)14(16,17)18/h1-7,12,21H,8,19H2. The van der Waals surface area contributed by atoms with Gasteiger partial charge in [-0.15, -0.1) is 0 Å². The lowest BCUT2D eigenvalue weighted by Crippen LogP contribution is -2.30. The summed E-state index contributed by atoms with van der Waals surface area (Å²) in [7, 11) is 0. The highest BCUT2D eigenvalue weighted by Gasteiger charge is 2.30. The van der Waals surface area contributed by atoms with Crippen molar-refractivity contribution in [3.8, 4) is 0 Å². The molecule has 0 bridgehead atoms. The molecule has 112 valence electrons. The highest BCUT2D eigenvalue weighted by molar-refractivity contribution is 6.31. The van der Waals surface area contributed by atoms with Crippen LogP contribution in [-0.2, 0) is 12.6 Å². The quantitative estimate of drug-likeness (QED) is 0.670. The summed E-state index contributed by atoms with van der Waals surface area (Å²) >= 11 is 6.04. The second-order valence-electron chi connectivity index (χ2n) is 4.49. The van der Waals surface area contributed by atoms with Gasteiger partial charge in [0.2, 0.25) is 0 Å². The van der Waals surface area contributed by atoms with Gasteiger partial charge in [-0.3, -0.25) is 16.3 Å². The number of nitrogens with zero attached hydrogens (tertiary/aromatic N) is 1. The fraction of sp³-hybridized carbons (Fsp3) is 0.214. The van der Waals surface area contributed by atoms with Gasteiger partial charge in [-0.05, 0) is 36.2 Å². The van der Waals surface area contributed by atoms with E-state index in [2.05, 4.69) is 10.4 Å². The van der Waals surface area contributed by atoms with Gasteiger partial charge in [0, 0.05) is 6.20 Å². The van der Waals surface area contributed by atoms with Crippen LogP contribution in [0, 0.1) is 0 Å². The third-order valence-corrected chi connectivity index (χ3v) is 3.36. The number of aromatic nitrogens is 1. The van der Waals surface area contributed by atoms with Gasteiger partial charge in [0.05, 0.1) is 22.3 Å². The molecule has 0 aliphatic rings. The van der Waals surface area contributed by atoms with Crippen LogP contribution in [0.1, 0.15) is 22.9 Å². The molecule has 1 unspecified atom stereocenters. The van der Waals surface area contributed by atoms with E-state index in [0.717, 1.165) is 12.1 Å². The molecule has 0 aliphatic carbocycles. The summed E-state index contributed by atoms with van der Waals surface area (Å²) in [5.74, 6) is 5.49. The van der Waals surface area contributed by atoms with E-state index in [4.69, 9.17) is 17.4 Å². The molecule has 1 aromatic heterocycles. The van der Waals surface area contributed by atoms with Crippen LogP contribution in [0.3, 0.4) is 0 Å². The fourth-order valence-corrected chi connectivity index (χ4v) is 2.21. The van der Waals surface area contributed by atoms with Crippen molar-refractivity contribution in [2.45, 2.75) is 18.6 Å². The third kappa shape index (κ3) is 3.93. The van der Waals surface area contributed by atoms with Gasteiger partial charge in [0.1, 0.15) is 0 Å². The molecule has 0 saturated heterocycles. The number of alkyl halides is 3. The zero-order chi connectivity index (χ0) is 15.5. The molecule has 0 fully saturated rings. The number of hydrazine groups is 1. The Kier molecular flexibility index (Phi) is 4.82. The Hall–Kier alpha value is -1.63. The molecule has 2 rings (SSSR count). The van der Waals surface area contributed by atoms with Crippen molar-refractivity contribution in [3.63, 3.8) is 0 Å². The van der Waals surface area contributed by atoms with Crippen LogP contribution in [-0.4, -0.2) is 4.98 Å². The third-order valence-electron chi connectivity index (χ3n) is 3.04. The van der Waals surface area contributed by atoms with Crippen LogP contribution < -0.4 is 11.3 Å². The van der Waals surface area contributed by atoms with Gasteiger partial charge < -0.3 is 0 Å². The number of benzene rings is 1. The normalized spacial score (nSPS) is 13.2. The molecule has 2 aromatic rings. The lowest BCUT2D eigenvalue weighted by atomic mass is 10.0. The highest BCUT2D eigenvalue weighted by Crippen LogP contribution is 2.30. The van der Waals surface area contributed by atoms with Crippen molar-refractivity contribution in [1.29, 1.82) is 0 Å². The molecule has 7 heteroatoms. The Balaban J connectivity index is 2.18. The largest absolute Gasteiger partial charge is 0.416 e. The molecule has 3 N–H and O–H groups in total. The number of nitrogens with two attached hydrogens (primary N) is 1. The maximum absolute atomic E-state index is 12.5. The fourth-order valence-electron chi connectivity index (χ4n) is 1.95. The van der Waals surface area contributed by atoms with Gasteiger partial charge >= 0.3 is 6.18 Å². The molecule has 0 spiro atoms. The van der Waals surface area contributed by atoms with Crippen molar-refractivity contribution in [1.82, 2.24) is 10.4 Å². The Bertz CT molecular complexity index is 599. The Labute approximate surface area is 124 Å². The first-order valence-electron chi connectivity index (χ1n) is 6.14. The molecule has 1 atom stereocenters. The monoisotopic (exact) mass is 315 g/mol. The van der Waals surface area contributed by atoms with Gasteiger partial charge in [0.25, 0.3) is 0 Å². The average molecular weight is 316 g/mol. The van der Waals surface area contributed by atoms with Crippen molar-refractivity contribution in [2.75, 3.05) is 0 Å². The molecule has 1 aromatic carbocycles. The summed E-state index contributed by atoms with van der Waals surface area (Å²) in [5.41, 5.74) is 3.16. The number of hydrogen-bond acceptors (Lipinski definition) is 3. The molecule has 1 heterocycles. The summed E-state index contributed by atoms with van der Waals surface area (Å²) in [6.45, 7) is 0. The maximum atomic E-state index is 12.5. The molecule has 0 radical (unpaired) electrons. The summed E-state index contributed by atoms with van der Waals surface area (Å²) in [5, 5.41) is 0.451. The molecular formula is C14H13ClF3N3. The van der Waals surface area contributed by atoms with Gasteiger partial charge in [-0.2, -0.15) is 13.2 Å². The Morgan fingerprint density at radius 3 is 2.38 bits per heavy atom. The first-order chi connectivity index (χ1) is 9.91. The predicted molar refractivity (Wildman–Crippen MR) is 74.5 cm³/mol. The first-order valence-corrected chi connectivity index (χ1v) is 6.52. The second kappa shape index (κ2) is 6.43. The van der Waals surface area contributed by atoms with Crippen LogP contribution in [0.15, 0.2) is 42.6 Å². The minimum atomic E-state index is -4.34. The van der Waals surface area contributed by atoms with E-state index in [1.54, 1.807) is 18.3 Å². The Morgan fingerprint density at radius 1 is 1.19 bits per heavy atom. The second-order valence-corrected chi connectivity index (χ2v) is 4.90. The van der Waals surface area contributed by atoms with Crippen molar-refractivity contribution in [3.05, 3.63) is 64.4 Å². The zero-order valence-corrected chi connectivity index (χ0v) is 11.6. The summed E-state index contributed by atoms with van der Waals surface area (Å²) in [6, 6.07) is 7.92. The van der Waals surface area contributed by atoms with Crippen LogP contribution in [0.2, 0.25) is 5.02 Å². The summed E-state index contributed by atoms with van der Waals surface area (Å²) < 4.78 is 37.5. The van der Waals surface area contributed by atoms with Crippen molar-refractivity contribution in [2.24, 2.45) is 5.84 Å². The summed E-state index contributed by atoms with van der Waals surface area (Å²) in [4.78, 5) is 4.15. The topological polar surface area (TPSA) is 50.9 Å². The Morgan fingerprint density at radius 2 is 1.86 bits per heavy atom. The smallest absolute Gasteiger partial charge is 0.271 e. The van der Waals surface area contributed by atoms with Crippen LogP contribution in [0.5, 0.6) is 0 Å². The number of pyridine rings is 1. The SMILES string of the molecule is NNC(Cc1ccc(C(F)(F)F)cc1)c1ncccc1Cl. The molecule has 21 heavy (non-hydrogen) atoms. The van der Waals surface area contributed by atoms with Crippen molar-refractivity contribution >= 4 is 11.6 Å². The number of hydrogen-bond donors (Lipinski definition) is 2. The lowest BCUT2D eigenvalue weighted by molar-refractivity contribution is -0.137. The van der Waals surface area contributed by atoms with E-state index in [1.807, 2.05) is 0 Å². The first kappa shape index (κ1) is 15.8. The summed E-state index contributed by atoms with van der Waals surface area (Å²) in [6.07, 6.45) is -2.38. The average Bonchev–Trinajstić information content (AvgIpc) is 2.45. The van der Waals surface area contributed by atoms with E-state index >= 15 is 0 Å². The van der Waals surface area contributed by atoms with Crippen molar-refractivity contribution < 1.29 is 13.2 Å². The molecule has 3 nitrogen and oxygen atoms in total. The maximum Gasteiger partial charge on any atom is 0.416 e. The number of nitrogens with one attached hydrogen (secondary N) is 1. The minimum absolute atomic E-state index is 0.379. The number of rotatable bonds is 4. The highest BCUT2D eigenvalue weighted by atomic mass is 35.5. The predicted octanol–water partition coefficient (Wildman–Crippen LogP) is 3.50. The van der Waals surface area contributed by atoms with Gasteiger partial charge in [0.15, 0.2) is 0 Å². The van der Waals surface area contributed by atoms with E-state index in [1.165, 1.54) is 12.1 Å². The molecule has 0 amide bonds.